The average molecular weight is 385 g/mol. The molecule has 0 aliphatic heterocycles. The smallest absolute Gasteiger partial charge is 0.292 e. The van der Waals surface area contributed by atoms with Gasteiger partial charge in [0, 0.05) is 11.2 Å². The summed E-state index contributed by atoms with van der Waals surface area (Å²) in [6, 6.07) is 7.98. The van der Waals surface area contributed by atoms with Crippen molar-refractivity contribution in [3.05, 3.63) is 59.1 Å². The molecular weight excluding hydrogens is 373 g/mol. The Labute approximate surface area is 150 Å². The SMILES string of the molecule is O=C(Cn1ccc(C(F)(F)F)n1)Nc1ncn(Cc2cccc(Cl)c2)n1. The van der Waals surface area contributed by atoms with Crippen LogP contribution in [0.4, 0.5) is 19.1 Å². The minimum absolute atomic E-state index is 0.0419. The van der Waals surface area contributed by atoms with Crippen molar-refractivity contribution in [3.63, 3.8) is 0 Å². The van der Waals surface area contributed by atoms with Crippen LogP contribution in [0.2, 0.25) is 5.02 Å². The Balaban J connectivity index is 1.58. The fraction of sp³-hybridized carbons (Fsp3) is 0.200. The van der Waals surface area contributed by atoms with Gasteiger partial charge in [-0.1, -0.05) is 23.7 Å². The monoisotopic (exact) mass is 384 g/mol. The number of benzene rings is 1. The lowest BCUT2D eigenvalue weighted by Crippen LogP contribution is -2.20. The molecular formula is C15H12ClF3N6O. The van der Waals surface area contributed by atoms with E-state index in [2.05, 4.69) is 20.5 Å². The Morgan fingerprint density at radius 2 is 2.00 bits per heavy atom. The van der Waals surface area contributed by atoms with E-state index in [0.717, 1.165) is 22.5 Å². The van der Waals surface area contributed by atoms with Crippen molar-refractivity contribution in [3.8, 4) is 0 Å². The van der Waals surface area contributed by atoms with Crippen LogP contribution in [0, 0.1) is 0 Å². The first-order valence-corrected chi connectivity index (χ1v) is 7.72. The van der Waals surface area contributed by atoms with Crippen LogP contribution in [-0.2, 0) is 24.1 Å². The zero-order valence-corrected chi connectivity index (χ0v) is 13.9. The molecule has 2 heterocycles. The molecule has 0 bridgehead atoms. The quantitative estimate of drug-likeness (QED) is 0.733. The number of aromatic nitrogens is 5. The van der Waals surface area contributed by atoms with Crippen LogP contribution in [0.5, 0.6) is 0 Å². The van der Waals surface area contributed by atoms with Gasteiger partial charge in [-0.2, -0.15) is 18.3 Å². The Hall–Kier alpha value is -2.88. The largest absolute Gasteiger partial charge is 0.435 e. The Bertz CT molecular complexity index is 920. The fourth-order valence-electron chi connectivity index (χ4n) is 2.16. The molecule has 0 aliphatic rings. The lowest BCUT2D eigenvalue weighted by molar-refractivity contribution is -0.141. The Kier molecular flexibility index (Phi) is 4.94. The summed E-state index contributed by atoms with van der Waals surface area (Å²) in [6.45, 7) is 0.0104. The summed E-state index contributed by atoms with van der Waals surface area (Å²) in [5.41, 5.74) is -0.161. The van der Waals surface area contributed by atoms with E-state index < -0.39 is 17.8 Å². The number of rotatable bonds is 5. The number of halogens is 4. The van der Waals surface area contributed by atoms with Crippen LogP contribution in [-0.4, -0.2) is 30.5 Å². The van der Waals surface area contributed by atoms with Gasteiger partial charge in [0.25, 0.3) is 0 Å². The van der Waals surface area contributed by atoms with Crippen LogP contribution in [0.15, 0.2) is 42.9 Å². The van der Waals surface area contributed by atoms with Crippen LogP contribution in [0.25, 0.3) is 0 Å². The van der Waals surface area contributed by atoms with Gasteiger partial charge >= 0.3 is 6.18 Å². The van der Waals surface area contributed by atoms with Gasteiger partial charge in [-0.25, -0.2) is 9.67 Å². The van der Waals surface area contributed by atoms with Crippen LogP contribution in [0.1, 0.15) is 11.3 Å². The highest BCUT2D eigenvalue weighted by Gasteiger charge is 2.33. The minimum atomic E-state index is -4.55. The summed E-state index contributed by atoms with van der Waals surface area (Å²) in [6.07, 6.45) is -2.05. The molecule has 26 heavy (non-hydrogen) atoms. The van der Waals surface area contributed by atoms with E-state index in [4.69, 9.17) is 11.6 Å². The van der Waals surface area contributed by atoms with Crippen LogP contribution >= 0.6 is 11.6 Å². The molecule has 0 radical (unpaired) electrons. The Morgan fingerprint density at radius 3 is 2.69 bits per heavy atom. The number of carbonyl (C=O) groups is 1. The zero-order chi connectivity index (χ0) is 18.7. The van der Waals surface area contributed by atoms with Gasteiger partial charge in [-0.05, 0) is 23.8 Å². The normalized spacial score (nSPS) is 11.5. The second kappa shape index (κ2) is 7.16. The fourth-order valence-corrected chi connectivity index (χ4v) is 2.38. The van der Waals surface area contributed by atoms with Crippen LogP contribution < -0.4 is 5.32 Å². The highest BCUT2D eigenvalue weighted by atomic mass is 35.5. The van der Waals surface area contributed by atoms with Gasteiger partial charge < -0.3 is 0 Å². The minimum Gasteiger partial charge on any atom is -0.292 e. The number of nitrogens with one attached hydrogen (secondary N) is 1. The summed E-state index contributed by atoms with van der Waals surface area (Å²) in [4.78, 5) is 15.8. The molecule has 0 fully saturated rings. The lowest BCUT2D eigenvalue weighted by Gasteiger charge is -2.03. The van der Waals surface area contributed by atoms with Crippen molar-refractivity contribution in [2.45, 2.75) is 19.3 Å². The number of amides is 1. The third-order valence-electron chi connectivity index (χ3n) is 3.26. The zero-order valence-electron chi connectivity index (χ0n) is 13.1. The molecule has 7 nitrogen and oxygen atoms in total. The number of alkyl halides is 3. The van der Waals surface area contributed by atoms with Crippen molar-refractivity contribution in [2.75, 3.05) is 5.32 Å². The first-order valence-electron chi connectivity index (χ1n) is 7.34. The van der Waals surface area contributed by atoms with Crippen molar-refractivity contribution >= 4 is 23.5 Å². The molecule has 0 aliphatic carbocycles. The summed E-state index contributed by atoms with van der Waals surface area (Å²) < 4.78 is 39.8. The molecule has 11 heteroatoms. The van der Waals surface area contributed by atoms with Gasteiger partial charge in [-0.3, -0.25) is 14.8 Å². The van der Waals surface area contributed by atoms with E-state index in [0.29, 0.717) is 11.6 Å². The second-order valence-corrected chi connectivity index (χ2v) is 5.78. The number of anilines is 1. The Morgan fingerprint density at radius 1 is 1.19 bits per heavy atom. The number of nitrogens with zero attached hydrogens (tertiary/aromatic N) is 5. The summed E-state index contributed by atoms with van der Waals surface area (Å²) in [5, 5.41) is 10.4. The third kappa shape index (κ3) is 4.60. The van der Waals surface area contributed by atoms with E-state index in [9.17, 15) is 18.0 Å². The van der Waals surface area contributed by atoms with Gasteiger partial charge in [0.2, 0.25) is 11.9 Å². The lowest BCUT2D eigenvalue weighted by atomic mass is 10.2. The number of hydrogen-bond donors (Lipinski definition) is 1. The molecule has 0 spiro atoms. The molecule has 0 atom stereocenters. The predicted octanol–water partition coefficient (Wildman–Crippen LogP) is 2.83. The van der Waals surface area contributed by atoms with Crippen molar-refractivity contribution in [2.24, 2.45) is 0 Å². The maximum absolute atomic E-state index is 12.5. The van der Waals surface area contributed by atoms with E-state index in [-0.39, 0.29) is 12.5 Å². The first kappa shape index (κ1) is 17.9. The molecule has 0 saturated carbocycles. The first-order chi connectivity index (χ1) is 12.3. The standard InChI is InChI=1S/C15H12ClF3N6O/c16-11-3-1-2-10(6-11)7-25-9-20-14(23-25)21-13(26)8-24-5-4-12(22-24)15(17,18)19/h1-6,9H,7-8H2,(H,21,23,26). The van der Waals surface area contributed by atoms with E-state index in [1.165, 1.54) is 11.0 Å². The molecule has 3 rings (SSSR count). The summed E-state index contributed by atoms with van der Waals surface area (Å²) in [5.74, 6) is -0.553. The second-order valence-electron chi connectivity index (χ2n) is 5.34. The topological polar surface area (TPSA) is 77.6 Å². The average Bonchev–Trinajstić information content (AvgIpc) is 3.16. The molecule has 0 saturated heterocycles. The molecule has 2 aromatic heterocycles. The molecule has 1 aromatic carbocycles. The van der Waals surface area contributed by atoms with E-state index in [1.807, 2.05) is 6.07 Å². The number of carbonyl (C=O) groups excluding carboxylic acids is 1. The van der Waals surface area contributed by atoms with Gasteiger partial charge in [0.1, 0.15) is 12.9 Å². The van der Waals surface area contributed by atoms with Gasteiger partial charge in [0.05, 0.1) is 6.54 Å². The van der Waals surface area contributed by atoms with Crippen molar-refractivity contribution in [1.82, 2.24) is 24.5 Å². The van der Waals surface area contributed by atoms with E-state index in [1.54, 1.807) is 18.2 Å². The maximum Gasteiger partial charge on any atom is 0.435 e. The van der Waals surface area contributed by atoms with E-state index >= 15 is 0 Å². The molecule has 1 N–H and O–H groups in total. The molecule has 1 amide bonds. The molecule has 3 aromatic rings. The summed E-state index contributed by atoms with van der Waals surface area (Å²) in [7, 11) is 0. The highest BCUT2D eigenvalue weighted by Crippen LogP contribution is 2.27. The summed E-state index contributed by atoms with van der Waals surface area (Å²) >= 11 is 5.91. The van der Waals surface area contributed by atoms with Crippen LogP contribution in [0.3, 0.4) is 0 Å². The van der Waals surface area contributed by atoms with Crippen molar-refractivity contribution < 1.29 is 18.0 Å². The van der Waals surface area contributed by atoms with Crippen molar-refractivity contribution in [1.29, 1.82) is 0 Å². The highest BCUT2D eigenvalue weighted by molar-refractivity contribution is 6.30. The molecule has 0 unspecified atom stereocenters. The van der Waals surface area contributed by atoms with Gasteiger partial charge in [-0.15, -0.1) is 5.10 Å². The van der Waals surface area contributed by atoms with Gasteiger partial charge in [0.15, 0.2) is 5.69 Å². The number of hydrogen-bond acceptors (Lipinski definition) is 4. The molecule has 136 valence electrons. The maximum atomic E-state index is 12.5. The third-order valence-corrected chi connectivity index (χ3v) is 3.49. The predicted molar refractivity (Wildman–Crippen MR) is 86.4 cm³/mol.